The van der Waals surface area contributed by atoms with Crippen LogP contribution in [0.15, 0.2) is 46.1 Å². The largest absolute Gasteiger partial charge is 0.454 e. The molecule has 0 amide bonds. The average Bonchev–Trinajstić information content (AvgIpc) is 3.11. The van der Waals surface area contributed by atoms with E-state index in [0.717, 1.165) is 10.2 Å². The molecular weight excluding hydrogens is 431 g/mol. The smallest absolute Gasteiger partial charge is 0.349 e. The summed E-state index contributed by atoms with van der Waals surface area (Å²) >= 11 is 12.7. The van der Waals surface area contributed by atoms with Crippen molar-refractivity contribution in [3.05, 3.63) is 78.7 Å². The van der Waals surface area contributed by atoms with Gasteiger partial charge in [-0.3, -0.25) is 14.6 Å². The summed E-state index contributed by atoms with van der Waals surface area (Å²) in [5.74, 6) is 0.528. The van der Waals surface area contributed by atoms with Crippen LogP contribution in [0.4, 0.5) is 0 Å². The molecule has 2 aromatic heterocycles. The molecule has 2 N–H and O–H groups in total. The van der Waals surface area contributed by atoms with Gasteiger partial charge >= 0.3 is 5.69 Å². The van der Waals surface area contributed by atoms with E-state index >= 15 is 0 Å². The number of carbonyl (C=O) groups is 1. The van der Waals surface area contributed by atoms with Crippen LogP contribution in [-0.2, 0) is 0 Å². The van der Waals surface area contributed by atoms with Crippen LogP contribution >= 0.6 is 23.2 Å². The van der Waals surface area contributed by atoms with E-state index < -0.39 is 11.2 Å². The standard InChI is InChI=1S/C20H14Cl2N4O4/c1-9-19(28)24-20(29)26(25-9)11-5-15(21)18(16(22)6-11)30-12-3-4-17-13(7-12)14(8-23-17)10(2)27/h3-8,23H,1-2H3,(H,24,28,29). The van der Waals surface area contributed by atoms with Gasteiger partial charge in [0.05, 0.1) is 15.7 Å². The van der Waals surface area contributed by atoms with E-state index in [-0.39, 0.29) is 33.0 Å². The van der Waals surface area contributed by atoms with Crippen LogP contribution in [0.2, 0.25) is 10.0 Å². The van der Waals surface area contributed by atoms with Crippen LogP contribution in [-0.4, -0.2) is 25.5 Å². The number of benzene rings is 2. The molecule has 0 saturated heterocycles. The second-order valence-corrected chi connectivity index (χ2v) is 7.38. The van der Waals surface area contributed by atoms with Crippen LogP contribution in [0.1, 0.15) is 23.0 Å². The number of H-pyrrole nitrogens is 2. The molecule has 152 valence electrons. The number of aryl methyl sites for hydroxylation is 1. The lowest BCUT2D eigenvalue weighted by molar-refractivity contribution is 0.101. The van der Waals surface area contributed by atoms with Crippen LogP contribution < -0.4 is 16.0 Å². The third-order valence-electron chi connectivity index (χ3n) is 4.47. The fourth-order valence-corrected chi connectivity index (χ4v) is 3.55. The topological polar surface area (TPSA) is 110 Å². The second-order valence-electron chi connectivity index (χ2n) is 6.56. The Bertz CT molecular complexity index is 1410. The van der Waals surface area contributed by atoms with Gasteiger partial charge in [0.1, 0.15) is 11.4 Å². The maximum absolute atomic E-state index is 12.1. The van der Waals surface area contributed by atoms with Crippen LogP contribution in [0.5, 0.6) is 11.5 Å². The molecule has 0 fully saturated rings. The van der Waals surface area contributed by atoms with E-state index in [2.05, 4.69) is 15.1 Å². The summed E-state index contributed by atoms with van der Waals surface area (Å²) < 4.78 is 6.85. The molecule has 0 spiro atoms. The first-order valence-electron chi connectivity index (χ1n) is 8.74. The highest BCUT2D eigenvalue weighted by Crippen LogP contribution is 2.38. The van der Waals surface area contributed by atoms with E-state index in [4.69, 9.17) is 27.9 Å². The van der Waals surface area contributed by atoms with Gasteiger partial charge in [-0.15, -0.1) is 0 Å². The Labute approximate surface area is 179 Å². The van der Waals surface area contributed by atoms with Gasteiger partial charge in [-0.25, -0.2) is 4.79 Å². The highest BCUT2D eigenvalue weighted by Gasteiger charge is 2.15. The normalized spacial score (nSPS) is 11.1. The first-order valence-corrected chi connectivity index (χ1v) is 9.50. The van der Waals surface area contributed by atoms with E-state index in [1.54, 1.807) is 24.4 Å². The molecule has 0 atom stereocenters. The minimum atomic E-state index is -0.721. The van der Waals surface area contributed by atoms with Crippen molar-refractivity contribution in [1.29, 1.82) is 0 Å². The Morgan fingerprint density at radius 3 is 2.50 bits per heavy atom. The van der Waals surface area contributed by atoms with E-state index in [1.165, 1.54) is 26.0 Å². The molecule has 0 radical (unpaired) electrons. The lowest BCUT2D eigenvalue weighted by Gasteiger charge is -2.12. The van der Waals surface area contributed by atoms with Gasteiger partial charge in [-0.1, -0.05) is 23.2 Å². The van der Waals surface area contributed by atoms with Gasteiger partial charge in [0.15, 0.2) is 11.5 Å². The zero-order valence-corrected chi connectivity index (χ0v) is 17.3. The van der Waals surface area contributed by atoms with Gasteiger partial charge in [0, 0.05) is 22.7 Å². The van der Waals surface area contributed by atoms with Crippen molar-refractivity contribution >= 4 is 39.9 Å². The van der Waals surface area contributed by atoms with Crippen molar-refractivity contribution < 1.29 is 9.53 Å². The number of nitrogens with one attached hydrogen (secondary N) is 2. The summed E-state index contributed by atoms with van der Waals surface area (Å²) in [5.41, 5.74) is 0.422. The number of aromatic nitrogens is 4. The number of hydrogen-bond donors (Lipinski definition) is 2. The number of ether oxygens (including phenoxy) is 1. The lowest BCUT2D eigenvalue weighted by Crippen LogP contribution is -2.32. The summed E-state index contributed by atoms with van der Waals surface area (Å²) in [6, 6.07) is 8.09. The Hall–Kier alpha value is -3.36. The second kappa shape index (κ2) is 7.47. The van der Waals surface area contributed by atoms with Crippen molar-refractivity contribution in [2.75, 3.05) is 0 Å². The number of aromatic amines is 2. The highest BCUT2D eigenvalue weighted by molar-refractivity contribution is 6.37. The molecular formula is C20H14Cl2N4O4. The predicted octanol–water partition coefficient (Wildman–Crippen LogP) is 4.01. The first kappa shape index (κ1) is 19.9. The molecule has 10 heteroatoms. The Balaban J connectivity index is 1.75. The molecule has 30 heavy (non-hydrogen) atoms. The van der Waals surface area contributed by atoms with Crippen LogP contribution in [0, 0.1) is 6.92 Å². The third kappa shape index (κ3) is 3.51. The Morgan fingerprint density at radius 1 is 1.13 bits per heavy atom. The Kier molecular flexibility index (Phi) is 4.97. The summed E-state index contributed by atoms with van der Waals surface area (Å²) in [5, 5.41) is 4.94. The number of fused-ring (bicyclic) bond motifs is 1. The molecule has 4 rings (SSSR count). The van der Waals surface area contributed by atoms with Gasteiger partial charge in [0.25, 0.3) is 5.56 Å². The predicted molar refractivity (Wildman–Crippen MR) is 114 cm³/mol. The Morgan fingerprint density at radius 2 is 1.83 bits per heavy atom. The molecule has 2 aromatic carbocycles. The molecule has 0 unspecified atom stereocenters. The molecule has 0 aliphatic heterocycles. The number of ketones is 1. The lowest BCUT2D eigenvalue weighted by atomic mass is 10.1. The SMILES string of the molecule is CC(=O)c1c[nH]c2ccc(Oc3c(Cl)cc(-n4nc(C)c(=O)[nH]c4=O)cc3Cl)cc12. The minimum absolute atomic E-state index is 0.0760. The molecule has 0 aliphatic rings. The van der Waals surface area contributed by atoms with Crippen molar-refractivity contribution in [3.8, 4) is 17.2 Å². The van der Waals surface area contributed by atoms with Crippen molar-refractivity contribution in [2.24, 2.45) is 0 Å². The van der Waals surface area contributed by atoms with Crippen LogP contribution in [0.3, 0.4) is 0 Å². The van der Waals surface area contributed by atoms with E-state index in [0.29, 0.717) is 16.7 Å². The maximum atomic E-state index is 12.1. The number of Topliss-reactive ketones (excluding diaryl/α,β-unsaturated/α-hetero) is 1. The number of nitrogens with zero attached hydrogens (tertiary/aromatic N) is 2. The monoisotopic (exact) mass is 444 g/mol. The van der Waals surface area contributed by atoms with Gasteiger partial charge in [0.2, 0.25) is 0 Å². The molecule has 0 aliphatic carbocycles. The fourth-order valence-electron chi connectivity index (χ4n) is 2.99. The van der Waals surface area contributed by atoms with Crippen molar-refractivity contribution in [3.63, 3.8) is 0 Å². The third-order valence-corrected chi connectivity index (χ3v) is 5.03. The summed E-state index contributed by atoms with van der Waals surface area (Å²) in [6.07, 6.45) is 1.64. The summed E-state index contributed by atoms with van der Waals surface area (Å²) in [7, 11) is 0. The van der Waals surface area contributed by atoms with Crippen LogP contribution in [0.25, 0.3) is 16.6 Å². The molecule has 0 bridgehead atoms. The number of halogens is 2. The molecule has 2 heterocycles. The highest BCUT2D eigenvalue weighted by atomic mass is 35.5. The summed E-state index contributed by atoms with van der Waals surface area (Å²) in [6.45, 7) is 2.96. The van der Waals surface area contributed by atoms with Gasteiger partial charge < -0.3 is 9.72 Å². The van der Waals surface area contributed by atoms with Gasteiger partial charge in [-0.05, 0) is 44.2 Å². The number of hydrogen-bond acceptors (Lipinski definition) is 5. The van der Waals surface area contributed by atoms with E-state index in [1.807, 2.05) is 0 Å². The number of rotatable bonds is 4. The van der Waals surface area contributed by atoms with Crippen molar-refractivity contribution in [2.45, 2.75) is 13.8 Å². The zero-order chi connectivity index (χ0) is 21.6. The fraction of sp³-hybridized carbons (Fsp3) is 0.100. The zero-order valence-electron chi connectivity index (χ0n) is 15.7. The average molecular weight is 445 g/mol. The molecule has 8 nitrogen and oxygen atoms in total. The van der Waals surface area contributed by atoms with Gasteiger partial charge in [-0.2, -0.15) is 9.78 Å². The molecule has 4 aromatic rings. The number of carbonyl (C=O) groups excluding carboxylic acids is 1. The summed E-state index contributed by atoms with van der Waals surface area (Å²) in [4.78, 5) is 40.6. The maximum Gasteiger partial charge on any atom is 0.349 e. The molecule has 0 saturated carbocycles. The quantitative estimate of drug-likeness (QED) is 0.462. The minimum Gasteiger partial charge on any atom is -0.454 e. The van der Waals surface area contributed by atoms with Crippen molar-refractivity contribution in [1.82, 2.24) is 19.7 Å². The first-order chi connectivity index (χ1) is 14.2. The van der Waals surface area contributed by atoms with E-state index in [9.17, 15) is 14.4 Å².